The van der Waals surface area contributed by atoms with Gasteiger partial charge in [-0.1, -0.05) is 28.1 Å². The van der Waals surface area contributed by atoms with Crippen LogP contribution in [0.3, 0.4) is 0 Å². The molecule has 0 saturated heterocycles. The van der Waals surface area contributed by atoms with Crippen LogP contribution in [0.15, 0.2) is 22.7 Å². The van der Waals surface area contributed by atoms with Crippen molar-refractivity contribution in [3.05, 3.63) is 33.8 Å². The third-order valence-corrected chi connectivity index (χ3v) is 3.04. The average Bonchev–Trinajstić information content (AvgIpc) is 2.13. The maximum Gasteiger partial charge on any atom is 0.408 e. The first-order valence-corrected chi connectivity index (χ1v) is 6.74. The van der Waals surface area contributed by atoms with E-state index in [1.165, 1.54) is 5.56 Å². The van der Waals surface area contributed by atoms with E-state index >= 15 is 0 Å². The third-order valence-electron chi connectivity index (χ3n) is 2.36. The van der Waals surface area contributed by atoms with E-state index in [1.807, 2.05) is 52.8 Å². The summed E-state index contributed by atoms with van der Waals surface area (Å²) in [5.74, 6) is 0. The van der Waals surface area contributed by atoms with Crippen molar-refractivity contribution in [1.82, 2.24) is 5.32 Å². The first-order valence-electron chi connectivity index (χ1n) is 5.94. The standard InChI is InChI=1S/C14H20BrNO2/c1-9-6-7-11(12(15)8-9)10(2)16-13(17)18-14(3,4)5/h6-8,10H,1-5H3,(H,16,17)/t10-/m1/s1. The van der Waals surface area contributed by atoms with E-state index in [0.29, 0.717) is 0 Å². The molecule has 0 aliphatic heterocycles. The van der Waals surface area contributed by atoms with E-state index in [2.05, 4.69) is 21.2 Å². The van der Waals surface area contributed by atoms with Gasteiger partial charge in [-0.2, -0.15) is 0 Å². The van der Waals surface area contributed by atoms with Crippen molar-refractivity contribution in [1.29, 1.82) is 0 Å². The number of hydrogen-bond donors (Lipinski definition) is 1. The van der Waals surface area contributed by atoms with Crippen LogP contribution in [0.25, 0.3) is 0 Å². The number of alkyl carbamates (subject to hydrolysis) is 1. The van der Waals surface area contributed by atoms with Gasteiger partial charge in [0.2, 0.25) is 0 Å². The lowest BCUT2D eigenvalue weighted by atomic mass is 10.1. The number of halogens is 1. The minimum absolute atomic E-state index is 0.102. The predicted molar refractivity (Wildman–Crippen MR) is 76.7 cm³/mol. The van der Waals surface area contributed by atoms with E-state index in [0.717, 1.165) is 10.0 Å². The molecule has 1 atom stereocenters. The Morgan fingerprint density at radius 3 is 2.50 bits per heavy atom. The van der Waals surface area contributed by atoms with Crippen LogP contribution in [0.1, 0.15) is 44.9 Å². The molecule has 0 fully saturated rings. The monoisotopic (exact) mass is 313 g/mol. The van der Waals surface area contributed by atoms with Crippen LogP contribution in [-0.4, -0.2) is 11.7 Å². The maximum atomic E-state index is 11.7. The highest BCUT2D eigenvalue weighted by molar-refractivity contribution is 9.10. The molecule has 0 aliphatic carbocycles. The Balaban J connectivity index is 2.71. The van der Waals surface area contributed by atoms with Crippen LogP contribution in [0.2, 0.25) is 0 Å². The number of benzene rings is 1. The van der Waals surface area contributed by atoms with Crippen molar-refractivity contribution in [2.75, 3.05) is 0 Å². The van der Waals surface area contributed by atoms with Crippen molar-refractivity contribution in [2.24, 2.45) is 0 Å². The number of nitrogens with one attached hydrogen (secondary N) is 1. The Labute approximate surface area is 117 Å². The summed E-state index contributed by atoms with van der Waals surface area (Å²) in [6.45, 7) is 9.50. The first kappa shape index (κ1) is 15.0. The van der Waals surface area contributed by atoms with Gasteiger partial charge in [0.15, 0.2) is 0 Å². The van der Waals surface area contributed by atoms with E-state index in [-0.39, 0.29) is 6.04 Å². The zero-order valence-electron chi connectivity index (χ0n) is 11.5. The van der Waals surface area contributed by atoms with Crippen molar-refractivity contribution < 1.29 is 9.53 Å². The van der Waals surface area contributed by atoms with E-state index in [9.17, 15) is 4.79 Å². The summed E-state index contributed by atoms with van der Waals surface area (Å²) >= 11 is 3.51. The summed E-state index contributed by atoms with van der Waals surface area (Å²) in [6, 6.07) is 5.95. The Bertz CT molecular complexity index is 438. The average molecular weight is 314 g/mol. The van der Waals surface area contributed by atoms with Crippen LogP contribution < -0.4 is 5.32 Å². The van der Waals surface area contributed by atoms with Gasteiger partial charge in [0, 0.05) is 4.47 Å². The third kappa shape index (κ3) is 4.69. The Hall–Kier alpha value is -1.03. The fraction of sp³-hybridized carbons (Fsp3) is 0.500. The van der Waals surface area contributed by atoms with Gasteiger partial charge in [0.25, 0.3) is 0 Å². The van der Waals surface area contributed by atoms with Gasteiger partial charge in [-0.15, -0.1) is 0 Å². The van der Waals surface area contributed by atoms with Crippen LogP contribution in [-0.2, 0) is 4.74 Å². The predicted octanol–water partition coefficient (Wildman–Crippen LogP) is 4.34. The lowest BCUT2D eigenvalue weighted by Crippen LogP contribution is -2.34. The number of aryl methyl sites for hydroxylation is 1. The molecular formula is C14H20BrNO2. The Morgan fingerprint density at radius 1 is 1.39 bits per heavy atom. The number of ether oxygens (including phenoxy) is 1. The highest BCUT2D eigenvalue weighted by Gasteiger charge is 2.19. The highest BCUT2D eigenvalue weighted by Crippen LogP contribution is 2.24. The van der Waals surface area contributed by atoms with E-state index in [4.69, 9.17) is 4.74 Å². The summed E-state index contributed by atoms with van der Waals surface area (Å²) in [6.07, 6.45) is -0.400. The molecule has 1 rings (SSSR count). The molecule has 1 aromatic carbocycles. The Kier molecular flexibility index (Phi) is 4.79. The minimum atomic E-state index is -0.478. The molecular weight excluding hydrogens is 294 g/mol. The Morgan fingerprint density at radius 2 is 2.00 bits per heavy atom. The number of carbonyl (C=O) groups excluding carboxylic acids is 1. The molecule has 0 bridgehead atoms. The second-order valence-corrected chi connectivity index (χ2v) is 6.25. The molecule has 1 N–H and O–H groups in total. The van der Waals surface area contributed by atoms with E-state index < -0.39 is 11.7 Å². The van der Waals surface area contributed by atoms with Crippen molar-refractivity contribution >= 4 is 22.0 Å². The molecule has 0 spiro atoms. The molecule has 18 heavy (non-hydrogen) atoms. The molecule has 1 amide bonds. The molecule has 4 heteroatoms. The summed E-state index contributed by atoms with van der Waals surface area (Å²) in [5, 5.41) is 2.82. The zero-order valence-corrected chi connectivity index (χ0v) is 13.1. The molecule has 3 nitrogen and oxygen atoms in total. The number of carbonyl (C=O) groups is 1. The van der Waals surface area contributed by atoms with Gasteiger partial charge >= 0.3 is 6.09 Å². The van der Waals surface area contributed by atoms with Crippen LogP contribution in [0, 0.1) is 6.92 Å². The lowest BCUT2D eigenvalue weighted by molar-refractivity contribution is 0.0508. The molecule has 0 heterocycles. The molecule has 1 aromatic rings. The number of hydrogen-bond acceptors (Lipinski definition) is 2. The van der Waals surface area contributed by atoms with Crippen molar-refractivity contribution in [2.45, 2.75) is 46.3 Å². The van der Waals surface area contributed by atoms with E-state index in [1.54, 1.807) is 0 Å². The van der Waals surface area contributed by atoms with Gasteiger partial charge < -0.3 is 10.1 Å². The lowest BCUT2D eigenvalue weighted by Gasteiger charge is -2.22. The fourth-order valence-electron chi connectivity index (χ4n) is 1.55. The van der Waals surface area contributed by atoms with Gasteiger partial charge in [-0.05, 0) is 51.8 Å². The van der Waals surface area contributed by atoms with Gasteiger partial charge in [-0.25, -0.2) is 4.79 Å². The summed E-state index contributed by atoms with van der Waals surface area (Å²) in [7, 11) is 0. The maximum absolute atomic E-state index is 11.7. The second-order valence-electron chi connectivity index (χ2n) is 5.39. The molecule has 0 unspecified atom stereocenters. The largest absolute Gasteiger partial charge is 0.444 e. The van der Waals surface area contributed by atoms with Crippen LogP contribution >= 0.6 is 15.9 Å². The summed E-state index contributed by atoms with van der Waals surface area (Å²) in [5.41, 5.74) is 1.73. The second kappa shape index (κ2) is 5.74. The number of rotatable bonds is 2. The highest BCUT2D eigenvalue weighted by atomic mass is 79.9. The first-order chi connectivity index (χ1) is 8.19. The van der Waals surface area contributed by atoms with Gasteiger partial charge in [0.1, 0.15) is 5.60 Å². The van der Waals surface area contributed by atoms with Gasteiger partial charge in [0.05, 0.1) is 6.04 Å². The summed E-state index contributed by atoms with van der Waals surface area (Å²) < 4.78 is 6.22. The van der Waals surface area contributed by atoms with Crippen LogP contribution in [0.5, 0.6) is 0 Å². The molecule has 0 aliphatic rings. The molecule has 0 aromatic heterocycles. The normalized spacial score (nSPS) is 13.0. The quantitative estimate of drug-likeness (QED) is 0.881. The van der Waals surface area contributed by atoms with Crippen molar-refractivity contribution in [3.8, 4) is 0 Å². The molecule has 0 radical (unpaired) electrons. The topological polar surface area (TPSA) is 38.3 Å². The van der Waals surface area contributed by atoms with Crippen LogP contribution in [0.4, 0.5) is 4.79 Å². The SMILES string of the molecule is Cc1ccc([C@@H](C)NC(=O)OC(C)(C)C)c(Br)c1. The zero-order chi connectivity index (χ0) is 13.9. The smallest absolute Gasteiger partial charge is 0.408 e. The van der Waals surface area contributed by atoms with Crippen molar-refractivity contribution in [3.63, 3.8) is 0 Å². The molecule has 0 saturated carbocycles. The van der Waals surface area contributed by atoms with Gasteiger partial charge in [-0.3, -0.25) is 0 Å². The summed E-state index contributed by atoms with van der Waals surface area (Å²) in [4.78, 5) is 11.7. The minimum Gasteiger partial charge on any atom is -0.444 e. The number of amides is 1. The fourth-order valence-corrected chi connectivity index (χ4v) is 2.38. The molecule has 100 valence electrons.